The summed E-state index contributed by atoms with van der Waals surface area (Å²) in [6.45, 7) is 8.99. The number of hydrogen-bond acceptors (Lipinski definition) is 5. The summed E-state index contributed by atoms with van der Waals surface area (Å²) in [7, 11) is 1.82. The molecular formula is C19H28N4O2S. The molecule has 2 aromatic rings. The molecule has 0 bridgehead atoms. The van der Waals surface area contributed by atoms with Gasteiger partial charge in [-0.25, -0.2) is 9.78 Å². The minimum atomic E-state index is -0.0526. The Bertz CT molecular complexity index is 694. The van der Waals surface area contributed by atoms with Crippen molar-refractivity contribution < 1.29 is 9.53 Å². The lowest BCUT2D eigenvalue weighted by Crippen LogP contribution is -2.52. The first-order chi connectivity index (χ1) is 12.5. The molecule has 2 heterocycles. The van der Waals surface area contributed by atoms with Gasteiger partial charge in [0.15, 0.2) is 0 Å². The van der Waals surface area contributed by atoms with Crippen LogP contribution in [0.15, 0.2) is 24.3 Å². The number of morpholine rings is 1. The SMILES string of the molecule is CC(C)C(CNC(=O)N(C)Cc1nc2ccccc2s1)N1CCOCC1. The standard InChI is InChI=1S/C19H28N4O2S/c1-14(2)16(23-8-10-25-11-9-23)12-20-19(24)22(3)13-18-21-15-6-4-5-7-17(15)26-18/h4-7,14,16H,8-13H2,1-3H3,(H,20,24). The predicted molar refractivity (Wildman–Crippen MR) is 106 cm³/mol. The molecule has 1 aromatic carbocycles. The Hall–Kier alpha value is -1.70. The van der Waals surface area contributed by atoms with Gasteiger partial charge in [-0.15, -0.1) is 11.3 Å². The van der Waals surface area contributed by atoms with E-state index in [2.05, 4.69) is 35.1 Å². The number of amides is 2. The van der Waals surface area contributed by atoms with E-state index in [0.717, 1.165) is 41.5 Å². The van der Waals surface area contributed by atoms with Crippen molar-refractivity contribution in [2.24, 2.45) is 5.92 Å². The Morgan fingerprint density at radius 1 is 1.35 bits per heavy atom. The van der Waals surface area contributed by atoms with E-state index in [0.29, 0.717) is 25.0 Å². The van der Waals surface area contributed by atoms with E-state index in [-0.39, 0.29) is 6.03 Å². The minimum Gasteiger partial charge on any atom is -0.379 e. The van der Waals surface area contributed by atoms with Gasteiger partial charge >= 0.3 is 6.03 Å². The third-order valence-corrected chi connectivity index (χ3v) is 5.83. The Morgan fingerprint density at radius 2 is 2.08 bits per heavy atom. The maximum Gasteiger partial charge on any atom is 0.317 e. The second-order valence-electron chi connectivity index (χ2n) is 7.08. The van der Waals surface area contributed by atoms with Gasteiger partial charge < -0.3 is 15.0 Å². The number of nitrogens with zero attached hydrogens (tertiary/aromatic N) is 3. The molecule has 3 rings (SSSR count). The summed E-state index contributed by atoms with van der Waals surface area (Å²) in [5.74, 6) is 0.475. The van der Waals surface area contributed by atoms with Crippen molar-refractivity contribution in [2.45, 2.75) is 26.4 Å². The molecule has 1 N–H and O–H groups in total. The molecule has 0 saturated carbocycles. The van der Waals surface area contributed by atoms with Crippen LogP contribution in [0.3, 0.4) is 0 Å². The van der Waals surface area contributed by atoms with E-state index >= 15 is 0 Å². The van der Waals surface area contributed by atoms with E-state index in [9.17, 15) is 4.79 Å². The van der Waals surface area contributed by atoms with Gasteiger partial charge in [0.25, 0.3) is 0 Å². The van der Waals surface area contributed by atoms with E-state index in [1.165, 1.54) is 0 Å². The number of benzene rings is 1. The fourth-order valence-corrected chi connectivity index (χ4v) is 4.31. The Labute approximate surface area is 159 Å². The van der Waals surface area contributed by atoms with Crippen LogP contribution in [0, 0.1) is 5.92 Å². The normalized spacial score (nSPS) is 16.8. The highest BCUT2D eigenvalue weighted by Gasteiger charge is 2.24. The van der Waals surface area contributed by atoms with Crippen LogP contribution in [0.1, 0.15) is 18.9 Å². The minimum absolute atomic E-state index is 0.0526. The molecule has 26 heavy (non-hydrogen) atoms. The number of aromatic nitrogens is 1. The zero-order valence-electron chi connectivity index (χ0n) is 15.8. The van der Waals surface area contributed by atoms with Gasteiger partial charge in [0.05, 0.1) is 30.0 Å². The van der Waals surface area contributed by atoms with E-state index in [4.69, 9.17) is 4.74 Å². The molecule has 2 amide bonds. The Morgan fingerprint density at radius 3 is 2.77 bits per heavy atom. The molecule has 1 aliphatic heterocycles. The van der Waals surface area contributed by atoms with E-state index < -0.39 is 0 Å². The number of rotatable bonds is 6. The van der Waals surface area contributed by atoms with Crippen molar-refractivity contribution >= 4 is 27.6 Å². The van der Waals surface area contributed by atoms with Crippen LogP contribution in [0.5, 0.6) is 0 Å². The van der Waals surface area contributed by atoms with Crippen LogP contribution < -0.4 is 5.32 Å². The summed E-state index contributed by atoms with van der Waals surface area (Å²) in [6, 6.07) is 8.34. The Kier molecular flexibility index (Phi) is 6.45. The van der Waals surface area contributed by atoms with Gasteiger partial charge in [-0.3, -0.25) is 4.90 Å². The number of carbonyl (C=O) groups is 1. The maximum absolute atomic E-state index is 12.5. The number of fused-ring (bicyclic) bond motifs is 1. The van der Waals surface area contributed by atoms with Crippen molar-refractivity contribution in [3.8, 4) is 0 Å². The quantitative estimate of drug-likeness (QED) is 0.842. The van der Waals surface area contributed by atoms with Crippen LogP contribution in [0.25, 0.3) is 10.2 Å². The van der Waals surface area contributed by atoms with Gasteiger partial charge in [0.2, 0.25) is 0 Å². The fourth-order valence-electron chi connectivity index (χ4n) is 3.28. The average molecular weight is 377 g/mol. The monoisotopic (exact) mass is 376 g/mol. The highest BCUT2D eigenvalue weighted by Crippen LogP contribution is 2.22. The molecule has 0 spiro atoms. The first-order valence-electron chi connectivity index (χ1n) is 9.20. The van der Waals surface area contributed by atoms with Crippen molar-refractivity contribution in [1.82, 2.24) is 20.1 Å². The predicted octanol–water partition coefficient (Wildman–Crippen LogP) is 2.79. The molecular weight excluding hydrogens is 348 g/mol. The molecule has 1 saturated heterocycles. The third-order valence-electron chi connectivity index (χ3n) is 4.80. The lowest BCUT2D eigenvalue weighted by Gasteiger charge is -2.37. The maximum atomic E-state index is 12.5. The lowest BCUT2D eigenvalue weighted by molar-refractivity contribution is 0.00697. The van der Waals surface area contributed by atoms with Gasteiger partial charge in [-0.05, 0) is 18.1 Å². The lowest BCUT2D eigenvalue weighted by atomic mass is 10.0. The number of ether oxygens (including phenoxy) is 1. The summed E-state index contributed by atoms with van der Waals surface area (Å²) in [5.41, 5.74) is 0.994. The molecule has 6 nitrogen and oxygen atoms in total. The number of hydrogen-bond donors (Lipinski definition) is 1. The van der Waals surface area contributed by atoms with E-state index in [1.807, 2.05) is 25.2 Å². The van der Waals surface area contributed by atoms with Crippen LogP contribution in [0.4, 0.5) is 4.79 Å². The topological polar surface area (TPSA) is 57.7 Å². The van der Waals surface area contributed by atoms with Gasteiger partial charge in [-0.1, -0.05) is 26.0 Å². The molecule has 1 atom stereocenters. The summed E-state index contributed by atoms with van der Waals surface area (Å²) in [5, 5.41) is 4.05. The van der Waals surface area contributed by atoms with Crippen molar-refractivity contribution in [1.29, 1.82) is 0 Å². The zero-order valence-corrected chi connectivity index (χ0v) is 16.6. The van der Waals surface area contributed by atoms with Gasteiger partial charge in [0.1, 0.15) is 5.01 Å². The van der Waals surface area contributed by atoms with Crippen LogP contribution in [0.2, 0.25) is 0 Å². The first-order valence-corrected chi connectivity index (χ1v) is 10.0. The van der Waals surface area contributed by atoms with Gasteiger partial charge in [-0.2, -0.15) is 0 Å². The average Bonchev–Trinajstić information content (AvgIpc) is 3.04. The second kappa shape index (κ2) is 8.79. The number of thiazole rings is 1. The summed E-state index contributed by atoms with van der Waals surface area (Å²) in [4.78, 5) is 21.2. The fraction of sp³-hybridized carbons (Fsp3) is 0.579. The molecule has 0 aliphatic carbocycles. The molecule has 1 aliphatic rings. The molecule has 0 radical (unpaired) electrons. The number of nitrogens with one attached hydrogen (secondary N) is 1. The number of urea groups is 1. The zero-order chi connectivity index (χ0) is 18.5. The summed E-state index contributed by atoms with van der Waals surface area (Å²) in [6.07, 6.45) is 0. The van der Waals surface area contributed by atoms with Crippen molar-refractivity contribution in [3.63, 3.8) is 0 Å². The highest BCUT2D eigenvalue weighted by atomic mass is 32.1. The molecule has 1 fully saturated rings. The largest absolute Gasteiger partial charge is 0.379 e. The van der Waals surface area contributed by atoms with Crippen LogP contribution >= 0.6 is 11.3 Å². The smallest absolute Gasteiger partial charge is 0.317 e. The molecule has 7 heteroatoms. The molecule has 1 aromatic heterocycles. The van der Waals surface area contributed by atoms with Crippen molar-refractivity contribution in [2.75, 3.05) is 39.9 Å². The van der Waals surface area contributed by atoms with Gasteiger partial charge in [0, 0.05) is 32.7 Å². The number of para-hydroxylation sites is 1. The second-order valence-corrected chi connectivity index (χ2v) is 8.19. The summed E-state index contributed by atoms with van der Waals surface area (Å²) < 4.78 is 6.60. The summed E-state index contributed by atoms with van der Waals surface area (Å²) >= 11 is 1.64. The first kappa shape index (κ1) is 19.1. The third kappa shape index (κ3) is 4.72. The van der Waals surface area contributed by atoms with E-state index in [1.54, 1.807) is 16.2 Å². The van der Waals surface area contributed by atoms with Crippen LogP contribution in [-0.2, 0) is 11.3 Å². The van der Waals surface area contributed by atoms with Crippen LogP contribution in [-0.4, -0.2) is 66.8 Å². The molecule has 142 valence electrons. The number of carbonyl (C=O) groups excluding carboxylic acids is 1. The Balaban J connectivity index is 1.54. The molecule has 1 unspecified atom stereocenters. The highest BCUT2D eigenvalue weighted by molar-refractivity contribution is 7.18. The van der Waals surface area contributed by atoms with Crippen molar-refractivity contribution in [3.05, 3.63) is 29.3 Å².